The van der Waals surface area contributed by atoms with Crippen LogP contribution in [0.2, 0.25) is 0 Å². The Balaban J connectivity index is 1.40. The van der Waals surface area contributed by atoms with Crippen LogP contribution in [-0.4, -0.2) is 65.4 Å². The normalized spacial score (nSPS) is 17.4. The van der Waals surface area contributed by atoms with Gasteiger partial charge >= 0.3 is 6.61 Å². The van der Waals surface area contributed by atoms with Crippen LogP contribution < -0.4 is 9.47 Å². The fourth-order valence-corrected chi connectivity index (χ4v) is 5.53. The molecule has 0 bridgehead atoms. The van der Waals surface area contributed by atoms with E-state index in [-0.39, 0.29) is 17.2 Å². The van der Waals surface area contributed by atoms with E-state index < -0.39 is 13.0 Å². The fraction of sp³-hybridized carbons (Fsp3) is 0.500. The molecule has 3 aromatic rings. The predicted octanol–water partition coefficient (Wildman–Crippen LogP) is 6.66. The van der Waals surface area contributed by atoms with Gasteiger partial charge in [-0.15, -0.1) is 0 Å². The summed E-state index contributed by atoms with van der Waals surface area (Å²) in [6.07, 6.45) is 1.51. The van der Waals surface area contributed by atoms with E-state index in [1.165, 1.54) is 19.1 Å². The Labute approximate surface area is 228 Å². The minimum absolute atomic E-state index is 0.0592. The van der Waals surface area contributed by atoms with Crippen molar-refractivity contribution in [2.45, 2.75) is 65.5 Å². The van der Waals surface area contributed by atoms with E-state index in [2.05, 4.69) is 28.5 Å². The average molecular weight is 546 g/mol. The number of ether oxygens (including phenoxy) is 2. The summed E-state index contributed by atoms with van der Waals surface area (Å²) in [4.78, 5) is 20.9. The molecule has 1 aliphatic heterocycles. The molecule has 0 saturated carbocycles. The van der Waals surface area contributed by atoms with E-state index >= 15 is 0 Å². The van der Waals surface area contributed by atoms with Gasteiger partial charge in [0.2, 0.25) is 6.36 Å². The first-order valence-electron chi connectivity index (χ1n) is 13.6. The van der Waals surface area contributed by atoms with Gasteiger partial charge in [-0.2, -0.15) is 8.78 Å². The van der Waals surface area contributed by atoms with Crippen LogP contribution in [0.15, 0.2) is 48.5 Å². The van der Waals surface area contributed by atoms with Gasteiger partial charge in [0.15, 0.2) is 0 Å². The Morgan fingerprint density at radius 3 is 2.62 bits per heavy atom. The Morgan fingerprint density at radius 1 is 1.13 bits per heavy atom. The van der Waals surface area contributed by atoms with Crippen molar-refractivity contribution < 1.29 is 27.4 Å². The zero-order chi connectivity index (χ0) is 28.2. The molecule has 4 rings (SSSR count). The van der Waals surface area contributed by atoms with E-state index in [9.17, 15) is 18.0 Å². The van der Waals surface area contributed by atoms with E-state index in [1.807, 2.05) is 30.0 Å². The first-order valence-corrected chi connectivity index (χ1v) is 13.6. The highest BCUT2D eigenvalue weighted by atomic mass is 19.3. The van der Waals surface area contributed by atoms with E-state index in [1.54, 1.807) is 18.2 Å². The number of likely N-dealkylation sites (tertiary alicyclic amines) is 1. The molecule has 1 saturated heterocycles. The number of benzene rings is 2. The number of hydrogen-bond acceptors (Lipinski definition) is 4. The molecule has 1 fully saturated rings. The van der Waals surface area contributed by atoms with Crippen LogP contribution in [0, 0.1) is 5.92 Å². The summed E-state index contributed by atoms with van der Waals surface area (Å²) < 4.78 is 48.2. The van der Waals surface area contributed by atoms with Crippen molar-refractivity contribution in [3.63, 3.8) is 0 Å². The molecule has 9 heteroatoms. The number of alkyl halides is 3. The maximum Gasteiger partial charge on any atom is 0.387 e. The van der Waals surface area contributed by atoms with Gasteiger partial charge in [-0.1, -0.05) is 12.1 Å². The van der Waals surface area contributed by atoms with E-state index in [0.29, 0.717) is 41.4 Å². The van der Waals surface area contributed by atoms with E-state index in [0.717, 1.165) is 37.9 Å². The maximum atomic E-state index is 13.4. The third-order valence-electron chi connectivity index (χ3n) is 7.40. The molecule has 39 heavy (non-hydrogen) atoms. The van der Waals surface area contributed by atoms with Crippen molar-refractivity contribution in [2.75, 3.05) is 26.2 Å². The van der Waals surface area contributed by atoms with Crippen molar-refractivity contribution in [1.29, 1.82) is 0 Å². The molecular formula is C30H38F3N3O3. The molecule has 2 atom stereocenters. The quantitative estimate of drug-likeness (QED) is 0.293. The van der Waals surface area contributed by atoms with Gasteiger partial charge in [0.05, 0.1) is 0 Å². The number of amides is 1. The third kappa shape index (κ3) is 7.47. The monoisotopic (exact) mass is 545 g/mol. The number of nitrogens with zero attached hydrogens (tertiary/aromatic N) is 2. The van der Waals surface area contributed by atoms with Gasteiger partial charge < -0.3 is 19.4 Å². The van der Waals surface area contributed by atoms with Crippen molar-refractivity contribution in [3.05, 3.63) is 59.8 Å². The van der Waals surface area contributed by atoms with Gasteiger partial charge in [0, 0.05) is 43.0 Å². The Kier molecular flexibility index (Phi) is 9.10. The highest BCUT2D eigenvalue weighted by Crippen LogP contribution is 2.29. The van der Waals surface area contributed by atoms with Gasteiger partial charge in [-0.3, -0.25) is 9.69 Å². The predicted molar refractivity (Wildman–Crippen MR) is 146 cm³/mol. The van der Waals surface area contributed by atoms with Crippen LogP contribution in [0.5, 0.6) is 11.5 Å². The minimum atomic E-state index is -2.90. The van der Waals surface area contributed by atoms with Crippen molar-refractivity contribution >= 4 is 16.8 Å². The molecule has 1 aliphatic rings. The number of carbonyl (C=O) groups is 1. The summed E-state index contributed by atoms with van der Waals surface area (Å²) in [5.74, 6) is 0.797. The van der Waals surface area contributed by atoms with Crippen LogP contribution in [-0.2, 0) is 6.42 Å². The number of carbonyl (C=O) groups excluding carboxylic acids is 1. The topological polar surface area (TPSA) is 57.8 Å². The smallest absolute Gasteiger partial charge is 0.387 e. The molecule has 2 unspecified atom stereocenters. The number of fused-ring (bicyclic) bond motifs is 1. The molecular weight excluding hydrogens is 507 g/mol. The second-order valence-electron chi connectivity index (χ2n) is 10.9. The lowest BCUT2D eigenvalue weighted by Crippen LogP contribution is -2.52. The zero-order valence-corrected chi connectivity index (χ0v) is 23.1. The number of nitrogens with one attached hydrogen (secondary N) is 1. The van der Waals surface area contributed by atoms with Crippen molar-refractivity contribution in [3.8, 4) is 11.5 Å². The molecule has 212 valence electrons. The summed E-state index contributed by atoms with van der Waals surface area (Å²) >= 11 is 0. The van der Waals surface area contributed by atoms with Crippen LogP contribution in [0.3, 0.4) is 0 Å². The summed E-state index contributed by atoms with van der Waals surface area (Å²) in [5, 5.41) is 0.647. The van der Waals surface area contributed by atoms with Crippen LogP contribution in [0.1, 0.15) is 56.6 Å². The first kappa shape index (κ1) is 28.8. The largest absolute Gasteiger partial charge is 0.461 e. The number of halogens is 3. The Morgan fingerprint density at radius 2 is 1.90 bits per heavy atom. The highest BCUT2D eigenvalue weighted by molar-refractivity contribution is 5.98. The standard InChI is InChI=1S/C30H38F3N3O3/c1-5-35(28(37)27-16-23-15-25(39-29(32)33)11-12-26(23)34-27)18-22-9-7-13-36(19-22)30(3,4)17-21-8-6-10-24(14-21)38-20(2)31/h6,8,10-12,14-16,20,22,29,34H,5,7,9,13,17-19H2,1-4H3. The summed E-state index contributed by atoms with van der Waals surface area (Å²) in [7, 11) is 0. The molecule has 2 aromatic carbocycles. The molecule has 0 spiro atoms. The molecule has 1 aromatic heterocycles. The van der Waals surface area contributed by atoms with Gasteiger partial charge in [-0.05, 0) is 94.5 Å². The molecule has 0 radical (unpaired) electrons. The Bertz CT molecular complexity index is 1260. The van der Waals surface area contributed by atoms with Gasteiger partial charge in [0.1, 0.15) is 17.2 Å². The second kappa shape index (κ2) is 12.3. The van der Waals surface area contributed by atoms with Crippen LogP contribution in [0.4, 0.5) is 13.2 Å². The first-order chi connectivity index (χ1) is 18.5. The number of rotatable bonds is 11. The Hall–Kier alpha value is -3.20. The highest BCUT2D eigenvalue weighted by Gasteiger charge is 2.33. The van der Waals surface area contributed by atoms with Crippen molar-refractivity contribution in [1.82, 2.24) is 14.8 Å². The SMILES string of the molecule is CCN(CC1CCCN(C(C)(C)Cc2cccc(OC(C)F)c2)C1)C(=O)c1cc2cc(OC(F)F)ccc2[nH]1. The summed E-state index contributed by atoms with van der Waals surface area (Å²) in [5.41, 5.74) is 2.08. The maximum absolute atomic E-state index is 13.4. The minimum Gasteiger partial charge on any atom is -0.461 e. The van der Waals surface area contributed by atoms with Gasteiger partial charge in [0.25, 0.3) is 5.91 Å². The number of H-pyrrole nitrogens is 1. The molecule has 0 aliphatic carbocycles. The van der Waals surface area contributed by atoms with E-state index in [4.69, 9.17) is 4.74 Å². The average Bonchev–Trinajstić information content (AvgIpc) is 3.30. The number of piperidine rings is 1. The van der Waals surface area contributed by atoms with Gasteiger partial charge in [-0.25, -0.2) is 4.39 Å². The van der Waals surface area contributed by atoms with Crippen LogP contribution in [0.25, 0.3) is 10.9 Å². The molecule has 6 nitrogen and oxygen atoms in total. The number of aromatic amines is 1. The second-order valence-corrected chi connectivity index (χ2v) is 10.9. The zero-order valence-electron chi connectivity index (χ0n) is 23.1. The number of aromatic nitrogens is 1. The third-order valence-corrected chi connectivity index (χ3v) is 7.40. The molecule has 2 heterocycles. The lowest BCUT2D eigenvalue weighted by atomic mass is 9.88. The molecule has 1 N–H and O–H groups in total. The lowest BCUT2D eigenvalue weighted by molar-refractivity contribution is -0.0497. The number of hydrogen-bond donors (Lipinski definition) is 1. The lowest BCUT2D eigenvalue weighted by Gasteiger charge is -2.44. The summed E-state index contributed by atoms with van der Waals surface area (Å²) in [6, 6.07) is 13.9. The summed E-state index contributed by atoms with van der Waals surface area (Å²) in [6.45, 7) is 7.92. The fourth-order valence-electron chi connectivity index (χ4n) is 5.53. The molecule has 1 amide bonds. The van der Waals surface area contributed by atoms with Crippen molar-refractivity contribution in [2.24, 2.45) is 5.92 Å². The van der Waals surface area contributed by atoms with Crippen LogP contribution >= 0.6 is 0 Å².